The molecule has 1 aromatic carbocycles. The first-order valence-electron chi connectivity index (χ1n) is 5.43. The molecule has 0 radical (unpaired) electrons. The van der Waals surface area contributed by atoms with Crippen LogP contribution in [0.2, 0.25) is 0 Å². The second kappa shape index (κ2) is 5.69. The van der Waals surface area contributed by atoms with Gasteiger partial charge in [-0.15, -0.1) is 11.6 Å². The monoisotopic (exact) mass is 264 g/mol. The average Bonchev–Trinajstić information content (AvgIpc) is 2.40. The number of methoxy groups -OCH3 is 1. The van der Waals surface area contributed by atoms with E-state index in [-0.39, 0.29) is 0 Å². The molecule has 0 saturated carbocycles. The lowest BCUT2D eigenvalue weighted by Crippen LogP contribution is -1.97. The van der Waals surface area contributed by atoms with Gasteiger partial charge in [0.25, 0.3) is 0 Å². The van der Waals surface area contributed by atoms with E-state index < -0.39 is 0 Å². The molecule has 1 aromatic heterocycles. The molecule has 1 heterocycles. The highest BCUT2D eigenvalue weighted by Gasteiger charge is 2.04. The summed E-state index contributed by atoms with van der Waals surface area (Å²) in [7, 11) is 1.62. The highest BCUT2D eigenvalue weighted by molar-refractivity contribution is 6.17. The van der Waals surface area contributed by atoms with Gasteiger partial charge in [0.2, 0.25) is 0 Å². The zero-order chi connectivity index (χ0) is 13.0. The molecule has 2 aromatic rings. The number of aryl methyl sites for hydroxylation is 1. The van der Waals surface area contributed by atoms with E-state index in [0.717, 1.165) is 17.0 Å². The van der Waals surface area contributed by atoms with Gasteiger partial charge in [-0.05, 0) is 31.2 Å². The van der Waals surface area contributed by atoms with E-state index >= 15 is 0 Å². The number of rotatable bonds is 4. The highest BCUT2D eigenvalue weighted by Crippen LogP contribution is 2.21. The SMILES string of the molecule is COc1ccc(Oc2ncc(CCl)c(C)n2)cc1. The summed E-state index contributed by atoms with van der Waals surface area (Å²) in [6.07, 6.45) is 1.67. The second-order valence-corrected chi connectivity index (χ2v) is 3.94. The maximum Gasteiger partial charge on any atom is 0.322 e. The Kier molecular flexibility index (Phi) is 3.99. The van der Waals surface area contributed by atoms with Crippen molar-refractivity contribution in [2.45, 2.75) is 12.8 Å². The molecule has 0 fully saturated rings. The van der Waals surface area contributed by atoms with Crippen LogP contribution >= 0.6 is 11.6 Å². The Labute approximate surface area is 111 Å². The molecule has 0 N–H and O–H groups in total. The number of nitrogens with zero attached hydrogens (tertiary/aromatic N) is 2. The molecule has 0 atom stereocenters. The quantitative estimate of drug-likeness (QED) is 0.795. The van der Waals surface area contributed by atoms with Crippen LogP contribution in [0.15, 0.2) is 30.5 Å². The van der Waals surface area contributed by atoms with Crippen LogP contribution in [-0.2, 0) is 5.88 Å². The predicted molar refractivity (Wildman–Crippen MR) is 69.4 cm³/mol. The largest absolute Gasteiger partial charge is 0.497 e. The van der Waals surface area contributed by atoms with Gasteiger partial charge < -0.3 is 9.47 Å². The van der Waals surface area contributed by atoms with Gasteiger partial charge >= 0.3 is 6.01 Å². The Balaban J connectivity index is 2.15. The normalized spacial score (nSPS) is 10.2. The predicted octanol–water partition coefficient (Wildman–Crippen LogP) is 3.32. The van der Waals surface area contributed by atoms with Crippen molar-refractivity contribution in [3.8, 4) is 17.5 Å². The van der Waals surface area contributed by atoms with E-state index in [1.54, 1.807) is 25.4 Å². The lowest BCUT2D eigenvalue weighted by atomic mass is 10.3. The molecule has 0 amide bonds. The first kappa shape index (κ1) is 12.6. The Hall–Kier alpha value is -1.81. The number of hydrogen-bond donors (Lipinski definition) is 0. The van der Waals surface area contributed by atoms with Gasteiger partial charge in [-0.25, -0.2) is 4.98 Å². The third-order valence-corrected chi connectivity index (χ3v) is 2.76. The smallest absolute Gasteiger partial charge is 0.322 e. The summed E-state index contributed by atoms with van der Waals surface area (Å²) in [5, 5.41) is 0. The fourth-order valence-electron chi connectivity index (χ4n) is 1.40. The third-order valence-electron chi connectivity index (χ3n) is 2.47. The topological polar surface area (TPSA) is 44.2 Å². The van der Waals surface area contributed by atoms with Crippen LogP contribution in [0.5, 0.6) is 17.5 Å². The molecule has 0 aliphatic heterocycles. The Morgan fingerprint density at radius 1 is 1.17 bits per heavy atom. The van der Waals surface area contributed by atoms with Gasteiger partial charge in [-0.3, -0.25) is 0 Å². The van der Waals surface area contributed by atoms with E-state index in [1.165, 1.54) is 0 Å². The number of aromatic nitrogens is 2. The van der Waals surface area contributed by atoms with Gasteiger partial charge in [0.05, 0.1) is 13.0 Å². The van der Waals surface area contributed by atoms with E-state index in [2.05, 4.69) is 9.97 Å². The highest BCUT2D eigenvalue weighted by atomic mass is 35.5. The minimum atomic E-state index is 0.312. The fourth-order valence-corrected chi connectivity index (χ4v) is 1.66. The summed E-state index contributed by atoms with van der Waals surface area (Å²) in [5.74, 6) is 1.83. The molecule has 2 rings (SSSR count). The van der Waals surface area contributed by atoms with Crippen LogP contribution in [0.3, 0.4) is 0 Å². The maximum atomic E-state index is 5.74. The third kappa shape index (κ3) is 2.90. The molecule has 0 aliphatic carbocycles. The molecule has 0 saturated heterocycles. The first-order chi connectivity index (χ1) is 8.72. The van der Waals surface area contributed by atoms with Crippen molar-refractivity contribution in [2.75, 3.05) is 7.11 Å². The van der Waals surface area contributed by atoms with E-state index in [9.17, 15) is 0 Å². The van der Waals surface area contributed by atoms with Crippen molar-refractivity contribution < 1.29 is 9.47 Å². The molecule has 94 valence electrons. The van der Waals surface area contributed by atoms with Gasteiger partial charge in [0.15, 0.2) is 0 Å². The molecule has 0 unspecified atom stereocenters. The van der Waals surface area contributed by atoms with Crippen molar-refractivity contribution in [1.29, 1.82) is 0 Å². The summed E-state index contributed by atoms with van der Waals surface area (Å²) in [5.41, 5.74) is 1.72. The second-order valence-electron chi connectivity index (χ2n) is 3.67. The zero-order valence-corrected chi connectivity index (χ0v) is 10.9. The lowest BCUT2D eigenvalue weighted by Gasteiger charge is -2.06. The summed E-state index contributed by atoms with van der Waals surface area (Å²) in [6, 6.07) is 7.54. The Bertz CT molecular complexity index is 529. The summed E-state index contributed by atoms with van der Waals surface area (Å²) < 4.78 is 10.6. The number of benzene rings is 1. The number of alkyl halides is 1. The zero-order valence-electron chi connectivity index (χ0n) is 10.2. The summed E-state index contributed by atoms with van der Waals surface area (Å²) >= 11 is 5.74. The van der Waals surface area contributed by atoms with Gasteiger partial charge in [-0.1, -0.05) is 0 Å². The summed E-state index contributed by atoms with van der Waals surface area (Å²) in [6.45, 7) is 1.88. The molecule has 0 bridgehead atoms. The molecule has 0 spiro atoms. The van der Waals surface area contributed by atoms with Crippen molar-refractivity contribution in [3.05, 3.63) is 41.7 Å². The van der Waals surface area contributed by atoms with Crippen LogP contribution < -0.4 is 9.47 Å². The Morgan fingerprint density at radius 3 is 2.39 bits per heavy atom. The van der Waals surface area contributed by atoms with Crippen LogP contribution in [0.4, 0.5) is 0 Å². The van der Waals surface area contributed by atoms with E-state index in [4.69, 9.17) is 21.1 Å². The minimum Gasteiger partial charge on any atom is -0.497 e. The molecule has 5 heteroatoms. The van der Waals surface area contributed by atoms with E-state index in [0.29, 0.717) is 17.6 Å². The number of halogens is 1. The maximum absolute atomic E-state index is 5.74. The summed E-state index contributed by atoms with van der Waals surface area (Å²) in [4.78, 5) is 8.33. The Morgan fingerprint density at radius 2 is 1.83 bits per heavy atom. The molecule has 0 aliphatic rings. The molecule has 4 nitrogen and oxygen atoms in total. The van der Waals surface area contributed by atoms with Crippen molar-refractivity contribution in [1.82, 2.24) is 9.97 Å². The van der Waals surface area contributed by atoms with E-state index in [1.807, 2.05) is 19.1 Å². The standard InChI is InChI=1S/C13H13ClN2O2/c1-9-10(7-14)8-15-13(16-9)18-12-5-3-11(17-2)4-6-12/h3-6,8H,7H2,1-2H3. The average molecular weight is 265 g/mol. The fraction of sp³-hybridized carbons (Fsp3) is 0.231. The molecular weight excluding hydrogens is 252 g/mol. The van der Waals surface area contributed by atoms with Crippen molar-refractivity contribution in [3.63, 3.8) is 0 Å². The lowest BCUT2D eigenvalue weighted by molar-refractivity contribution is 0.410. The van der Waals surface area contributed by atoms with Gasteiger partial charge in [0, 0.05) is 17.5 Å². The molecule has 18 heavy (non-hydrogen) atoms. The van der Waals surface area contributed by atoms with Gasteiger partial charge in [-0.2, -0.15) is 4.98 Å². The number of hydrogen-bond acceptors (Lipinski definition) is 4. The minimum absolute atomic E-state index is 0.312. The number of ether oxygens (including phenoxy) is 2. The molecular formula is C13H13ClN2O2. The van der Waals surface area contributed by atoms with Crippen LogP contribution in [0, 0.1) is 6.92 Å². The van der Waals surface area contributed by atoms with Crippen LogP contribution in [-0.4, -0.2) is 17.1 Å². The van der Waals surface area contributed by atoms with Gasteiger partial charge in [0.1, 0.15) is 11.5 Å². The van der Waals surface area contributed by atoms with Crippen molar-refractivity contribution in [2.24, 2.45) is 0 Å². The van der Waals surface area contributed by atoms with Crippen LogP contribution in [0.25, 0.3) is 0 Å². The first-order valence-corrected chi connectivity index (χ1v) is 5.97. The van der Waals surface area contributed by atoms with Crippen molar-refractivity contribution >= 4 is 11.6 Å². The van der Waals surface area contributed by atoms with Crippen LogP contribution in [0.1, 0.15) is 11.3 Å².